The Hall–Kier alpha value is -3.25. The van der Waals surface area contributed by atoms with Gasteiger partial charge >= 0.3 is 6.03 Å². The fourth-order valence-corrected chi connectivity index (χ4v) is 3.89. The topological polar surface area (TPSA) is 93.2 Å². The molecule has 3 aromatic rings. The summed E-state index contributed by atoms with van der Waals surface area (Å²) < 4.78 is 15.4. The molecule has 1 atom stereocenters. The van der Waals surface area contributed by atoms with Crippen molar-refractivity contribution in [2.24, 2.45) is 5.73 Å². The highest BCUT2D eigenvalue weighted by Crippen LogP contribution is 2.28. The van der Waals surface area contributed by atoms with Crippen LogP contribution in [0.4, 0.5) is 9.18 Å². The van der Waals surface area contributed by atoms with Crippen LogP contribution in [0.3, 0.4) is 0 Å². The quantitative estimate of drug-likeness (QED) is 0.596. The second-order valence-corrected chi connectivity index (χ2v) is 8.08. The van der Waals surface area contributed by atoms with Gasteiger partial charge in [-0.25, -0.2) is 9.18 Å². The van der Waals surface area contributed by atoms with Crippen LogP contribution in [-0.2, 0) is 19.5 Å². The van der Waals surface area contributed by atoms with Crippen LogP contribution in [0, 0.1) is 5.82 Å². The maximum atomic E-state index is 13.7. The number of hydrogen-bond donors (Lipinski definition) is 2. The van der Waals surface area contributed by atoms with Crippen molar-refractivity contribution in [3.05, 3.63) is 71.2 Å². The molecule has 2 aromatic carbocycles. The zero-order valence-corrected chi connectivity index (χ0v) is 18.0. The molecule has 0 saturated carbocycles. The summed E-state index contributed by atoms with van der Waals surface area (Å²) in [5.74, 6) is -1.08. The van der Waals surface area contributed by atoms with Gasteiger partial charge in [0.1, 0.15) is 11.5 Å². The van der Waals surface area contributed by atoms with Crippen LogP contribution >= 0.6 is 9.24 Å². The van der Waals surface area contributed by atoms with Gasteiger partial charge in [0.25, 0.3) is 5.91 Å². The lowest BCUT2D eigenvalue weighted by atomic mass is 10.0. The van der Waals surface area contributed by atoms with E-state index in [0.29, 0.717) is 36.6 Å². The number of fused-ring (bicyclic) bond motifs is 1. The fourth-order valence-electron chi connectivity index (χ4n) is 3.70. The Kier molecular flexibility index (Phi) is 6.00. The van der Waals surface area contributed by atoms with Crippen LogP contribution in [0.2, 0.25) is 0 Å². The van der Waals surface area contributed by atoms with Gasteiger partial charge in [-0.05, 0) is 29.4 Å². The van der Waals surface area contributed by atoms with E-state index in [0.717, 1.165) is 17.3 Å². The van der Waals surface area contributed by atoms with E-state index >= 15 is 0 Å². The molecule has 3 N–H and O–H groups in total. The minimum absolute atomic E-state index is 0.203. The number of hydrogen-bond acceptors (Lipinski definition) is 3. The first-order chi connectivity index (χ1) is 14.9. The molecule has 0 aliphatic carbocycles. The van der Waals surface area contributed by atoms with Crippen LogP contribution in [0.1, 0.15) is 21.6 Å². The second kappa shape index (κ2) is 8.86. The molecule has 7 nitrogen and oxygen atoms in total. The third-order valence-corrected chi connectivity index (χ3v) is 5.67. The third-order valence-electron chi connectivity index (χ3n) is 5.28. The number of urea groups is 1. The normalized spacial score (nSPS) is 13.0. The van der Waals surface area contributed by atoms with Crippen molar-refractivity contribution >= 4 is 26.5 Å². The van der Waals surface area contributed by atoms with E-state index < -0.39 is 11.7 Å². The van der Waals surface area contributed by atoms with Gasteiger partial charge in [-0.1, -0.05) is 36.4 Å². The van der Waals surface area contributed by atoms with Gasteiger partial charge in [0.2, 0.25) is 0 Å². The van der Waals surface area contributed by atoms with Crippen LogP contribution in [0.25, 0.3) is 11.3 Å². The third kappa shape index (κ3) is 4.59. The number of halogens is 1. The molecule has 0 saturated heterocycles. The van der Waals surface area contributed by atoms with Gasteiger partial charge in [0.05, 0.1) is 24.3 Å². The SMILES string of the molecule is NC(=O)c1c(-c2cccc(F)c2)nn2c1CN(C(=O)NCCc1ccc(P)cc1)CC2. The van der Waals surface area contributed by atoms with Crippen molar-refractivity contribution < 1.29 is 14.0 Å². The van der Waals surface area contributed by atoms with Crippen molar-refractivity contribution in [1.29, 1.82) is 0 Å². The van der Waals surface area contributed by atoms with Crippen molar-refractivity contribution in [2.45, 2.75) is 19.5 Å². The maximum Gasteiger partial charge on any atom is 0.317 e. The van der Waals surface area contributed by atoms with E-state index in [1.807, 2.05) is 24.3 Å². The molecule has 1 aliphatic heterocycles. The number of nitrogens with two attached hydrogens (primary N) is 1. The molecule has 31 heavy (non-hydrogen) atoms. The van der Waals surface area contributed by atoms with Crippen LogP contribution in [0.5, 0.6) is 0 Å². The highest BCUT2D eigenvalue weighted by Gasteiger charge is 2.29. The summed E-state index contributed by atoms with van der Waals surface area (Å²) in [4.78, 5) is 26.5. The number of primary amides is 1. The average molecular weight is 439 g/mol. The standard InChI is InChI=1S/C22H23FN5O2P/c23-16-3-1-2-15(12-16)20-19(21(24)29)18-13-27(10-11-28(18)26-20)22(30)25-9-8-14-4-6-17(31)7-5-14/h1-7,12H,8-11,13,31H2,(H2,24,29)(H,25,30). The molecule has 1 aromatic heterocycles. The number of nitrogens with zero attached hydrogens (tertiary/aromatic N) is 3. The molecule has 0 radical (unpaired) electrons. The van der Waals surface area contributed by atoms with E-state index in [1.54, 1.807) is 21.7 Å². The molecule has 0 spiro atoms. The number of nitrogens with one attached hydrogen (secondary N) is 1. The second-order valence-electron chi connectivity index (χ2n) is 7.41. The van der Waals surface area contributed by atoms with Crippen LogP contribution < -0.4 is 16.4 Å². The van der Waals surface area contributed by atoms with Crippen molar-refractivity contribution in [1.82, 2.24) is 20.0 Å². The fraction of sp³-hybridized carbons (Fsp3) is 0.227. The molecule has 4 rings (SSSR count). The monoisotopic (exact) mass is 439 g/mol. The van der Waals surface area contributed by atoms with E-state index in [1.165, 1.54) is 12.1 Å². The summed E-state index contributed by atoms with van der Waals surface area (Å²) in [5, 5.41) is 8.51. The molecule has 2 heterocycles. The molecule has 9 heteroatoms. The Bertz CT molecular complexity index is 1130. The lowest BCUT2D eigenvalue weighted by molar-refractivity contribution is 0.0997. The Morgan fingerprint density at radius 2 is 1.94 bits per heavy atom. The predicted molar refractivity (Wildman–Crippen MR) is 119 cm³/mol. The van der Waals surface area contributed by atoms with Gasteiger partial charge in [-0.3, -0.25) is 9.48 Å². The predicted octanol–water partition coefficient (Wildman–Crippen LogP) is 2.06. The number of rotatable bonds is 5. The number of carbonyl (C=O) groups is 2. The zero-order chi connectivity index (χ0) is 22.0. The molecule has 160 valence electrons. The summed E-state index contributed by atoms with van der Waals surface area (Å²) in [5.41, 5.74) is 8.36. The molecule has 1 aliphatic rings. The highest BCUT2D eigenvalue weighted by molar-refractivity contribution is 7.27. The number of benzene rings is 2. The van der Waals surface area contributed by atoms with Gasteiger partial charge in [0.15, 0.2) is 0 Å². The smallest absolute Gasteiger partial charge is 0.317 e. The van der Waals surface area contributed by atoms with Gasteiger partial charge in [0, 0.05) is 18.7 Å². The van der Waals surface area contributed by atoms with Crippen molar-refractivity contribution in [3.63, 3.8) is 0 Å². The highest BCUT2D eigenvalue weighted by atomic mass is 31.0. The van der Waals surface area contributed by atoms with E-state index in [-0.39, 0.29) is 18.1 Å². The Labute approximate surface area is 181 Å². The minimum atomic E-state index is -0.652. The molecule has 0 fully saturated rings. The lowest BCUT2D eigenvalue weighted by Crippen LogP contribution is -2.45. The zero-order valence-electron chi connectivity index (χ0n) is 16.8. The van der Waals surface area contributed by atoms with Gasteiger partial charge in [-0.15, -0.1) is 9.24 Å². The van der Waals surface area contributed by atoms with Crippen LogP contribution in [0.15, 0.2) is 48.5 Å². The largest absolute Gasteiger partial charge is 0.365 e. The van der Waals surface area contributed by atoms with Crippen LogP contribution in [-0.4, -0.2) is 39.7 Å². The molecular weight excluding hydrogens is 416 g/mol. The molecule has 1 unspecified atom stereocenters. The Balaban J connectivity index is 1.48. The summed E-state index contributed by atoms with van der Waals surface area (Å²) >= 11 is 0. The van der Waals surface area contributed by atoms with E-state index in [2.05, 4.69) is 19.7 Å². The lowest BCUT2D eigenvalue weighted by Gasteiger charge is -2.28. The first-order valence-electron chi connectivity index (χ1n) is 9.95. The van der Waals surface area contributed by atoms with E-state index in [9.17, 15) is 14.0 Å². The van der Waals surface area contributed by atoms with E-state index in [4.69, 9.17) is 5.73 Å². The summed E-state index contributed by atoms with van der Waals surface area (Å²) in [6, 6.07) is 13.7. The molecular formula is C22H23FN5O2P. The number of aromatic nitrogens is 2. The first kappa shape index (κ1) is 21.0. The number of amides is 3. The summed E-state index contributed by atoms with van der Waals surface area (Å²) in [6.45, 7) is 1.58. The molecule has 0 bridgehead atoms. The van der Waals surface area contributed by atoms with Crippen molar-refractivity contribution in [2.75, 3.05) is 13.1 Å². The van der Waals surface area contributed by atoms with Gasteiger partial charge < -0.3 is 16.0 Å². The van der Waals surface area contributed by atoms with Crippen molar-refractivity contribution in [3.8, 4) is 11.3 Å². The average Bonchev–Trinajstić information content (AvgIpc) is 3.14. The van der Waals surface area contributed by atoms with Gasteiger partial charge in [-0.2, -0.15) is 5.10 Å². The summed E-state index contributed by atoms with van der Waals surface area (Å²) in [6.07, 6.45) is 0.721. The summed E-state index contributed by atoms with van der Waals surface area (Å²) in [7, 11) is 2.64. The Morgan fingerprint density at radius 1 is 1.16 bits per heavy atom. The molecule has 3 amide bonds. The Morgan fingerprint density at radius 3 is 2.65 bits per heavy atom. The first-order valence-corrected chi connectivity index (χ1v) is 10.5. The maximum absolute atomic E-state index is 13.7. The number of carbonyl (C=O) groups excluding carboxylic acids is 2. The minimum Gasteiger partial charge on any atom is -0.365 e.